The third-order valence-electron chi connectivity index (χ3n) is 3.97. The number of carbonyl (C=O) groups excluding carboxylic acids is 2. The van der Waals surface area contributed by atoms with E-state index >= 15 is 0 Å². The van der Waals surface area contributed by atoms with Crippen molar-refractivity contribution in [3.05, 3.63) is 34.3 Å². The molecule has 1 N–H and O–H groups in total. The summed E-state index contributed by atoms with van der Waals surface area (Å²) in [4.78, 5) is 26.7. The van der Waals surface area contributed by atoms with E-state index in [1.807, 2.05) is 38.1 Å². The van der Waals surface area contributed by atoms with Crippen LogP contribution in [0.2, 0.25) is 0 Å². The third-order valence-corrected chi connectivity index (χ3v) is 4.66. The van der Waals surface area contributed by atoms with Crippen molar-refractivity contribution in [3.8, 4) is 0 Å². The zero-order valence-corrected chi connectivity index (χ0v) is 14.1. The Morgan fingerprint density at radius 1 is 1.38 bits per heavy atom. The van der Waals surface area contributed by atoms with E-state index in [1.165, 1.54) is 0 Å². The normalized spacial score (nSPS) is 22.0. The summed E-state index contributed by atoms with van der Waals surface area (Å²) in [7, 11) is 0. The molecule has 0 radical (unpaired) electrons. The standard InChI is InChI=1S/C16H21BrN2O2/c1-3-18-15(21)16(2)9-6-10-19(11-16)14(20)12-7-4-5-8-13(12)17/h4-5,7-8H,3,6,9-11H2,1-2H3,(H,18,21). The number of carbonyl (C=O) groups is 2. The lowest BCUT2D eigenvalue weighted by molar-refractivity contribution is -0.132. The SMILES string of the molecule is CCNC(=O)C1(C)CCCN(C(=O)c2ccccc2Br)C1. The number of hydrogen-bond acceptors (Lipinski definition) is 2. The molecule has 1 aromatic carbocycles. The van der Waals surface area contributed by atoms with E-state index in [-0.39, 0.29) is 11.8 Å². The van der Waals surface area contributed by atoms with Crippen LogP contribution in [0.5, 0.6) is 0 Å². The number of benzene rings is 1. The largest absolute Gasteiger partial charge is 0.356 e. The molecule has 1 fully saturated rings. The lowest BCUT2D eigenvalue weighted by atomic mass is 9.80. The number of nitrogens with zero attached hydrogens (tertiary/aromatic N) is 1. The third kappa shape index (κ3) is 3.46. The molecule has 1 atom stereocenters. The van der Waals surface area contributed by atoms with Gasteiger partial charge in [-0.3, -0.25) is 9.59 Å². The van der Waals surface area contributed by atoms with Gasteiger partial charge in [-0.1, -0.05) is 12.1 Å². The first kappa shape index (κ1) is 16.0. The van der Waals surface area contributed by atoms with Crippen molar-refractivity contribution in [2.45, 2.75) is 26.7 Å². The first-order valence-corrected chi connectivity index (χ1v) is 8.09. The highest BCUT2D eigenvalue weighted by atomic mass is 79.9. The molecule has 4 nitrogen and oxygen atoms in total. The number of rotatable bonds is 3. The van der Waals surface area contributed by atoms with Crippen molar-refractivity contribution in [1.82, 2.24) is 10.2 Å². The molecule has 0 saturated carbocycles. The molecule has 2 rings (SSSR count). The second-order valence-corrected chi connectivity index (χ2v) is 6.58. The predicted molar refractivity (Wildman–Crippen MR) is 86.1 cm³/mol. The quantitative estimate of drug-likeness (QED) is 0.909. The van der Waals surface area contributed by atoms with Gasteiger partial charge in [0.2, 0.25) is 5.91 Å². The summed E-state index contributed by atoms with van der Waals surface area (Å²) in [6.07, 6.45) is 1.67. The molecule has 1 aliphatic heterocycles. The summed E-state index contributed by atoms with van der Waals surface area (Å²) in [5.74, 6) is 0.0207. The van der Waals surface area contributed by atoms with Crippen molar-refractivity contribution < 1.29 is 9.59 Å². The number of hydrogen-bond donors (Lipinski definition) is 1. The molecule has 21 heavy (non-hydrogen) atoms. The van der Waals surface area contributed by atoms with Crippen molar-refractivity contribution in [2.75, 3.05) is 19.6 Å². The molecule has 1 aliphatic rings. The Balaban J connectivity index is 2.16. The van der Waals surface area contributed by atoms with E-state index in [2.05, 4.69) is 21.2 Å². The summed E-state index contributed by atoms with van der Waals surface area (Å²) in [6.45, 7) is 5.65. The highest BCUT2D eigenvalue weighted by Crippen LogP contribution is 2.31. The van der Waals surface area contributed by atoms with Crippen LogP contribution in [0, 0.1) is 5.41 Å². The number of nitrogens with one attached hydrogen (secondary N) is 1. The number of amides is 2. The van der Waals surface area contributed by atoms with Crippen molar-refractivity contribution >= 4 is 27.7 Å². The summed E-state index contributed by atoms with van der Waals surface area (Å²) in [5.41, 5.74) is 0.156. The molecule has 1 unspecified atom stereocenters. The Bertz CT molecular complexity index is 547. The lowest BCUT2D eigenvalue weighted by Gasteiger charge is -2.39. The minimum absolute atomic E-state index is 0.0160. The van der Waals surface area contributed by atoms with E-state index < -0.39 is 5.41 Å². The van der Waals surface area contributed by atoms with E-state index in [4.69, 9.17) is 0 Å². The van der Waals surface area contributed by atoms with Gasteiger partial charge in [0.05, 0.1) is 11.0 Å². The van der Waals surface area contributed by atoms with Gasteiger partial charge in [-0.05, 0) is 54.8 Å². The smallest absolute Gasteiger partial charge is 0.255 e. The van der Waals surface area contributed by atoms with Crippen molar-refractivity contribution in [2.24, 2.45) is 5.41 Å². The summed E-state index contributed by atoms with van der Waals surface area (Å²) in [6, 6.07) is 7.41. The van der Waals surface area contributed by atoms with E-state index in [1.54, 1.807) is 4.90 Å². The molecule has 2 amide bonds. The topological polar surface area (TPSA) is 49.4 Å². The van der Waals surface area contributed by atoms with Crippen molar-refractivity contribution in [1.29, 1.82) is 0 Å². The van der Waals surface area contributed by atoms with Gasteiger partial charge in [-0.2, -0.15) is 0 Å². The monoisotopic (exact) mass is 352 g/mol. The number of halogens is 1. The van der Waals surface area contributed by atoms with E-state index in [0.717, 1.165) is 17.3 Å². The summed E-state index contributed by atoms with van der Waals surface area (Å²) in [5, 5.41) is 2.88. The average molecular weight is 353 g/mol. The van der Waals surface area contributed by atoms with Gasteiger partial charge >= 0.3 is 0 Å². The van der Waals surface area contributed by atoms with Gasteiger partial charge in [-0.25, -0.2) is 0 Å². The molecule has 0 spiro atoms. The molecule has 1 aromatic rings. The maximum Gasteiger partial charge on any atom is 0.255 e. The lowest BCUT2D eigenvalue weighted by Crippen LogP contribution is -2.52. The first-order chi connectivity index (χ1) is 9.98. The zero-order valence-electron chi connectivity index (χ0n) is 12.5. The molecular weight excluding hydrogens is 332 g/mol. The van der Waals surface area contributed by atoms with Crippen LogP contribution in [-0.2, 0) is 4.79 Å². The zero-order chi connectivity index (χ0) is 15.5. The fourth-order valence-electron chi connectivity index (χ4n) is 2.78. The Morgan fingerprint density at radius 2 is 2.10 bits per heavy atom. The number of piperidine rings is 1. The van der Waals surface area contributed by atoms with Crippen LogP contribution in [-0.4, -0.2) is 36.3 Å². The maximum atomic E-state index is 12.7. The second-order valence-electron chi connectivity index (χ2n) is 5.73. The molecule has 5 heteroatoms. The van der Waals surface area contributed by atoms with E-state index in [0.29, 0.717) is 25.2 Å². The molecule has 0 bridgehead atoms. The van der Waals surface area contributed by atoms with Gasteiger partial charge in [-0.15, -0.1) is 0 Å². The second kappa shape index (κ2) is 6.60. The summed E-state index contributed by atoms with van der Waals surface area (Å²) < 4.78 is 0.792. The van der Waals surface area contributed by atoms with Crippen LogP contribution in [0.1, 0.15) is 37.0 Å². The number of likely N-dealkylation sites (tertiary alicyclic amines) is 1. The molecule has 1 saturated heterocycles. The Labute approximate surface area is 134 Å². The fourth-order valence-corrected chi connectivity index (χ4v) is 3.23. The highest BCUT2D eigenvalue weighted by molar-refractivity contribution is 9.10. The highest BCUT2D eigenvalue weighted by Gasteiger charge is 2.39. The van der Waals surface area contributed by atoms with Crippen LogP contribution in [0.4, 0.5) is 0 Å². The Hall–Kier alpha value is -1.36. The first-order valence-electron chi connectivity index (χ1n) is 7.30. The molecule has 0 aliphatic carbocycles. The molecule has 0 aromatic heterocycles. The predicted octanol–water partition coefficient (Wildman–Crippen LogP) is 2.83. The minimum atomic E-state index is -0.495. The van der Waals surface area contributed by atoms with Crippen LogP contribution >= 0.6 is 15.9 Å². The Kier molecular flexibility index (Phi) is 5.04. The van der Waals surface area contributed by atoms with Crippen molar-refractivity contribution in [3.63, 3.8) is 0 Å². The fraction of sp³-hybridized carbons (Fsp3) is 0.500. The van der Waals surface area contributed by atoms with Gasteiger partial charge in [0.15, 0.2) is 0 Å². The average Bonchev–Trinajstić information content (AvgIpc) is 2.47. The minimum Gasteiger partial charge on any atom is -0.356 e. The van der Waals surface area contributed by atoms with E-state index in [9.17, 15) is 9.59 Å². The van der Waals surface area contributed by atoms with Gasteiger partial charge in [0.25, 0.3) is 5.91 Å². The maximum absolute atomic E-state index is 12.7. The molecule has 1 heterocycles. The van der Waals surface area contributed by atoms with Crippen LogP contribution in [0.3, 0.4) is 0 Å². The van der Waals surface area contributed by atoms with Gasteiger partial charge in [0.1, 0.15) is 0 Å². The van der Waals surface area contributed by atoms with Crippen LogP contribution in [0.15, 0.2) is 28.7 Å². The molecular formula is C16H21BrN2O2. The van der Waals surface area contributed by atoms with Crippen LogP contribution in [0.25, 0.3) is 0 Å². The molecule has 114 valence electrons. The van der Waals surface area contributed by atoms with Gasteiger partial charge < -0.3 is 10.2 Å². The van der Waals surface area contributed by atoms with Crippen LogP contribution < -0.4 is 5.32 Å². The van der Waals surface area contributed by atoms with Gasteiger partial charge in [0, 0.05) is 24.1 Å². The Morgan fingerprint density at radius 3 is 2.76 bits per heavy atom. The summed E-state index contributed by atoms with van der Waals surface area (Å²) >= 11 is 3.42.